The van der Waals surface area contributed by atoms with Crippen LogP contribution in [0.15, 0.2) is 72.1 Å². The first-order valence-electron chi connectivity index (χ1n) is 21.4. The van der Waals surface area contributed by atoms with Crippen molar-refractivity contribution in [3.63, 3.8) is 0 Å². The summed E-state index contributed by atoms with van der Waals surface area (Å²) >= 11 is 0. The Morgan fingerprint density at radius 3 is 2.64 bits per heavy atom. The molecule has 2 aromatic carbocycles. The molecule has 0 spiro atoms. The molecule has 2 fully saturated rings. The van der Waals surface area contributed by atoms with E-state index < -0.39 is 24.0 Å². The zero-order valence-electron chi connectivity index (χ0n) is 34.0. The van der Waals surface area contributed by atoms with Crippen molar-refractivity contribution in [2.24, 2.45) is 35.3 Å². The van der Waals surface area contributed by atoms with Crippen LogP contribution in [0.1, 0.15) is 99.7 Å². The van der Waals surface area contributed by atoms with Crippen LogP contribution in [0, 0.1) is 41.4 Å². The van der Waals surface area contributed by atoms with Crippen LogP contribution >= 0.6 is 0 Å². The molecule has 9 atom stereocenters. The Kier molecular flexibility index (Phi) is 15.7. The predicted octanol–water partition coefficient (Wildman–Crippen LogP) is 5.69. The zero-order chi connectivity index (χ0) is 41.0. The van der Waals surface area contributed by atoms with Gasteiger partial charge in [0.05, 0.1) is 25.1 Å². The number of benzene rings is 2. The number of ketones is 2. The number of phenolic OH excluding ortho intramolecular Hbond substituents is 1. The van der Waals surface area contributed by atoms with Crippen LogP contribution in [0.5, 0.6) is 11.5 Å². The first kappa shape index (κ1) is 43.2. The first-order chi connectivity index (χ1) is 28.1. The number of piperidine rings is 1. The van der Waals surface area contributed by atoms with Crippen LogP contribution in [-0.2, 0) is 16.0 Å². The zero-order valence-corrected chi connectivity index (χ0v) is 34.0. The summed E-state index contributed by atoms with van der Waals surface area (Å²) in [5.41, 5.74) is 9.90. The van der Waals surface area contributed by atoms with Gasteiger partial charge in [0, 0.05) is 50.3 Å². The number of aliphatic hydroxyl groups excluding tert-OH is 3. The Balaban J connectivity index is 1.14. The van der Waals surface area contributed by atoms with Crippen molar-refractivity contribution in [2.75, 3.05) is 26.8 Å². The number of rotatable bonds is 17. The number of hydrogen-bond donors (Lipinski definition) is 7. The van der Waals surface area contributed by atoms with Crippen molar-refractivity contribution in [3.8, 4) is 23.3 Å². The number of phenols is 1. The number of fused-ring (bicyclic) bond motifs is 2. The number of ether oxygens (including phenoxy) is 1. The summed E-state index contributed by atoms with van der Waals surface area (Å²) in [4.78, 5) is 25.8. The van der Waals surface area contributed by atoms with Crippen molar-refractivity contribution >= 4 is 17.6 Å². The molecule has 2 aliphatic heterocycles. The molecule has 10 heteroatoms. The Bertz CT molecular complexity index is 1860. The Labute approximate surface area is 344 Å². The van der Waals surface area contributed by atoms with E-state index in [2.05, 4.69) is 40.7 Å². The maximum absolute atomic E-state index is 13.7. The van der Waals surface area contributed by atoms with E-state index in [1.54, 1.807) is 12.1 Å². The number of aromatic hydroxyl groups is 1. The van der Waals surface area contributed by atoms with Gasteiger partial charge in [-0.1, -0.05) is 66.8 Å². The highest BCUT2D eigenvalue weighted by atomic mass is 16.5. The molecular formula is C48H63N3O7. The van der Waals surface area contributed by atoms with Gasteiger partial charge in [-0.05, 0) is 123 Å². The quantitative estimate of drug-likeness (QED) is 0.0987. The third kappa shape index (κ3) is 11.6. The third-order valence-electron chi connectivity index (χ3n) is 12.9. The Morgan fingerprint density at radius 2 is 1.86 bits per heavy atom. The fraction of sp³-hybridized carbons (Fsp3) is 0.542. The summed E-state index contributed by atoms with van der Waals surface area (Å²) in [6, 6.07) is 13.8. The van der Waals surface area contributed by atoms with Gasteiger partial charge in [-0.2, -0.15) is 0 Å². The van der Waals surface area contributed by atoms with E-state index in [1.807, 2.05) is 36.4 Å². The van der Waals surface area contributed by atoms with Crippen LogP contribution in [0.2, 0.25) is 0 Å². The van der Waals surface area contributed by atoms with Crippen LogP contribution in [0.3, 0.4) is 0 Å². The maximum atomic E-state index is 13.7. The van der Waals surface area contributed by atoms with Gasteiger partial charge in [0.25, 0.3) is 0 Å². The van der Waals surface area contributed by atoms with Crippen LogP contribution in [0.25, 0.3) is 6.08 Å². The molecule has 0 amide bonds. The lowest BCUT2D eigenvalue weighted by atomic mass is 9.71. The van der Waals surface area contributed by atoms with E-state index in [4.69, 9.17) is 10.5 Å². The van der Waals surface area contributed by atoms with Gasteiger partial charge in [-0.15, -0.1) is 0 Å². The highest BCUT2D eigenvalue weighted by molar-refractivity contribution is 5.85. The second-order valence-electron chi connectivity index (χ2n) is 16.9. The number of methoxy groups -OCH3 is 1. The van der Waals surface area contributed by atoms with Crippen LogP contribution < -0.4 is 21.1 Å². The van der Waals surface area contributed by atoms with Gasteiger partial charge in [0.15, 0.2) is 17.3 Å². The average Bonchev–Trinajstić information content (AvgIpc) is 3.28. The van der Waals surface area contributed by atoms with E-state index >= 15 is 0 Å². The van der Waals surface area contributed by atoms with Crippen LogP contribution in [0.4, 0.5) is 0 Å². The highest BCUT2D eigenvalue weighted by Gasteiger charge is 2.37. The van der Waals surface area contributed by atoms with E-state index in [0.29, 0.717) is 93.5 Å². The van der Waals surface area contributed by atoms with E-state index in [0.717, 1.165) is 48.1 Å². The Morgan fingerprint density at radius 1 is 1.03 bits per heavy atom. The number of aryl methyl sites for hydroxylation is 1. The summed E-state index contributed by atoms with van der Waals surface area (Å²) in [6.07, 6.45) is 14.4. The van der Waals surface area contributed by atoms with Crippen molar-refractivity contribution in [3.05, 3.63) is 88.8 Å². The first-order valence-corrected chi connectivity index (χ1v) is 21.4. The van der Waals surface area contributed by atoms with Crippen molar-refractivity contribution in [1.82, 2.24) is 10.6 Å². The van der Waals surface area contributed by atoms with E-state index in [1.165, 1.54) is 7.11 Å². The normalized spacial score (nSPS) is 25.6. The van der Waals surface area contributed by atoms with Crippen LogP contribution in [-0.4, -0.2) is 77.0 Å². The summed E-state index contributed by atoms with van der Waals surface area (Å²) in [5, 5.41) is 50.7. The summed E-state index contributed by atoms with van der Waals surface area (Å²) < 4.78 is 5.44. The van der Waals surface area contributed by atoms with Gasteiger partial charge in [0.2, 0.25) is 0 Å². The number of aliphatic hydroxyl groups is 3. The second kappa shape index (κ2) is 21.0. The molecule has 0 unspecified atom stereocenters. The number of nitrogens with one attached hydrogen (secondary N) is 2. The number of carbonyl (C=O) groups is 2. The fourth-order valence-corrected chi connectivity index (χ4v) is 9.61. The van der Waals surface area contributed by atoms with E-state index in [9.17, 15) is 30.0 Å². The smallest absolute Gasteiger partial charge is 0.160 e. The highest BCUT2D eigenvalue weighted by Crippen LogP contribution is 2.39. The van der Waals surface area contributed by atoms with Crippen molar-refractivity contribution in [2.45, 2.75) is 108 Å². The van der Waals surface area contributed by atoms with Gasteiger partial charge < -0.3 is 41.5 Å². The predicted molar refractivity (Wildman–Crippen MR) is 226 cm³/mol. The van der Waals surface area contributed by atoms with Crippen molar-refractivity contribution < 1.29 is 34.8 Å². The lowest BCUT2D eigenvalue weighted by Crippen LogP contribution is -2.50. The molecule has 2 aliphatic carbocycles. The molecule has 0 radical (unpaired) electrons. The van der Waals surface area contributed by atoms with Gasteiger partial charge in [-0.25, -0.2) is 0 Å². The number of Topliss-reactive ketones (excluding diaryl/α,β-unsaturated/α-hetero) is 2. The molecule has 6 rings (SSSR count). The number of carbonyl (C=O) groups excluding carboxylic acids is 2. The molecule has 8 N–H and O–H groups in total. The molecule has 2 aromatic rings. The number of dihydropyridines is 1. The SMILES string of the molecule is COc1cc2c(cc1O)[C@H](CC[C@H](O)C[C@H](/C=C/c1ccccc1)C1=CCNC(N)=C1)C#C[C@H]([C@H](O)CCC[C@H](CCO)[C@@H]1CN[C@@H]3CC(=O)CC[C@@H]3C1)C(=O)CC2. The number of nitrogens with two attached hydrogens (primary N) is 1. The summed E-state index contributed by atoms with van der Waals surface area (Å²) in [5.74, 6) is 7.50. The Hall–Kier alpha value is -4.40. The maximum Gasteiger partial charge on any atom is 0.160 e. The summed E-state index contributed by atoms with van der Waals surface area (Å²) in [7, 11) is 1.50. The molecule has 2 heterocycles. The standard InChI is InChI=1S/C48H63N3O7/c1-58-47-26-36-15-19-45(56)41(44(55)9-5-8-32(21-23-52)38-24-37-13-17-40(54)28-43(37)51-30-38)18-14-33(42(36)29-46(47)57)12-16-39(53)25-34(35-20-22-50-48(49)27-35)11-10-31-6-3-2-4-7-31/h2-4,6-7,10-11,20,26-27,29,32-34,37-39,41,43-44,50-53,55,57H,5,8-9,12-13,15-17,19,21-25,28,30,49H2,1H3/b11-10+/t32-,33-,34+,37-,38+,39+,41-,43-,44-/m1/s1. The number of hydrogen-bond acceptors (Lipinski definition) is 10. The molecule has 4 aliphatic rings. The minimum absolute atomic E-state index is 0.0119. The van der Waals surface area contributed by atoms with Gasteiger partial charge in [-0.3, -0.25) is 9.59 Å². The molecule has 10 nitrogen and oxygen atoms in total. The lowest BCUT2D eigenvalue weighted by Gasteiger charge is -2.42. The molecule has 58 heavy (non-hydrogen) atoms. The topological polar surface area (TPSA) is 174 Å². The summed E-state index contributed by atoms with van der Waals surface area (Å²) in [6.45, 7) is 1.55. The minimum Gasteiger partial charge on any atom is -0.504 e. The number of allylic oxidation sites excluding steroid dienone is 3. The van der Waals surface area contributed by atoms with Crippen molar-refractivity contribution in [1.29, 1.82) is 0 Å². The van der Waals surface area contributed by atoms with E-state index in [-0.39, 0.29) is 42.4 Å². The lowest BCUT2D eigenvalue weighted by molar-refractivity contribution is -0.124. The van der Waals surface area contributed by atoms with Gasteiger partial charge >= 0.3 is 0 Å². The molecular weight excluding hydrogens is 731 g/mol. The largest absolute Gasteiger partial charge is 0.504 e. The third-order valence-corrected chi connectivity index (χ3v) is 12.9. The molecule has 0 bridgehead atoms. The fourth-order valence-electron chi connectivity index (χ4n) is 9.61. The monoisotopic (exact) mass is 793 g/mol. The average molecular weight is 794 g/mol. The molecule has 312 valence electrons. The molecule has 0 aromatic heterocycles. The second-order valence-corrected chi connectivity index (χ2v) is 16.9. The minimum atomic E-state index is -0.945. The molecule has 1 saturated heterocycles. The molecule has 1 saturated carbocycles. The van der Waals surface area contributed by atoms with Gasteiger partial charge in [0.1, 0.15) is 11.7 Å².